The monoisotopic (exact) mass is 292 g/mol. The molecule has 0 aliphatic carbocycles. The van der Waals surface area contributed by atoms with Crippen LogP contribution in [0.4, 0.5) is 15.8 Å². The molecule has 1 aromatic carbocycles. The van der Waals surface area contributed by atoms with E-state index >= 15 is 0 Å². The van der Waals surface area contributed by atoms with Gasteiger partial charge in [0.15, 0.2) is 0 Å². The number of anilines is 1. The highest BCUT2D eigenvalue weighted by atomic mass is 79.9. The summed E-state index contributed by atoms with van der Waals surface area (Å²) in [4.78, 5) is 9.91. The van der Waals surface area contributed by atoms with Crippen molar-refractivity contribution >= 4 is 27.3 Å². The average molecular weight is 293 g/mol. The second kappa shape index (κ2) is 5.76. The maximum Gasteiger partial charge on any atom is 0.327 e. The predicted molar refractivity (Wildman–Crippen MR) is 61.1 cm³/mol. The lowest BCUT2D eigenvalue weighted by Crippen LogP contribution is -2.10. The Morgan fingerprint density at radius 3 is 2.88 bits per heavy atom. The Morgan fingerprint density at radius 2 is 2.31 bits per heavy atom. The molecule has 5 nitrogen and oxygen atoms in total. The van der Waals surface area contributed by atoms with E-state index < -0.39 is 16.4 Å². The molecule has 0 radical (unpaired) electrons. The van der Waals surface area contributed by atoms with Crippen LogP contribution >= 0.6 is 15.9 Å². The van der Waals surface area contributed by atoms with E-state index in [2.05, 4.69) is 21.2 Å². The third-order valence-corrected chi connectivity index (χ3v) is 2.29. The van der Waals surface area contributed by atoms with Gasteiger partial charge >= 0.3 is 5.69 Å². The van der Waals surface area contributed by atoms with Gasteiger partial charge in [0.25, 0.3) is 0 Å². The number of nitrogens with zero attached hydrogens (tertiary/aromatic N) is 1. The van der Waals surface area contributed by atoms with Gasteiger partial charge < -0.3 is 10.1 Å². The van der Waals surface area contributed by atoms with Crippen molar-refractivity contribution < 1.29 is 14.1 Å². The number of rotatable bonds is 5. The molecule has 0 amide bonds. The molecule has 16 heavy (non-hydrogen) atoms. The minimum absolute atomic E-state index is 0.133. The molecule has 0 fully saturated rings. The second-order valence-corrected chi connectivity index (χ2v) is 3.88. The number of nitrogens with one attached hydrogen (secondary N) is 1. The summed E-state index contributed by atoms with van der Waals surface area (Å²) in [5.41, 5.74) is -0.423. The first-order chi connectivity index (χ1) is 7.56. The molecular weight excluding hydrogens is 283 g/mol. The van der Waals surface area contributed by atoms with Gasteiger partial charge in [0.2, 0.25) is 5.82 Å². The Labute approximate surface area is 99.9 Å². The van der Waals surface area contributed by atoms with Gasteiger partial charge in [0.05, 0.1) is 11.5 Å². The van der Waals surface area contributed by atoms with Crippen LogP contribution in [0.1, 0.15) is 0 Å². The number of nitro groups is 1. The van der Waals surface area contributed by atoms with E-state index in [1.807, 2.05) is 0 Å². The summed E-state index contributed by atoms with van der Waals surface area (Å²) >= 11 is 3.07. The first kappa shape index (κ1) is 12.9. The van der Waals surface area contributed by atoms with E-state index in [0.29, 0.717) is 17.6 Å². The maximum absolute atomic E-state index is 13.3. The second-order valence-electron chi connectivity index (χ2n) is 2.96. The molecule has 0 unspecified atom stereocenters. The Kier molecular flexibility index (Phi) is 4.63. The molecule has 0 aliphatic rings. The van der Waals surface area contributed by atoms with E-state index in [1.54, 1.807) is 0 Å². The summed E-state index contributed by atoms with van der Waals surface area (Å²) < 4.78 is 18.6. The molecule has 1 rings (SSSR count). The van der Waals surface area contributed by atoms with Crippen molar-refractivity contribution in [1.29, 1.82) is 0 Å². The summed E-state index contributed by atoms with van der Waals surface area (Å²) in [6, 6.07) is 2.51. The van der Waals surface area contributed by atoms with Gasteiger partial charge in [0.1, 0.15) is 5.69 Å². The van der Waals surface area contributed by atoms with Gasteiger partial charge in [-0.1, -0.05) is 15.9 Å². The van der Waals surface area contributed by atoms with Crippen LogP contribution in [0.2, 0.25) is 0 Å². The van der Waals surface area contributed by atoms with Gasteiger partial charge in [-0.05, 0) is 12.1 Å². The number of halogens is 2. The van der Waals surface area contributed by atoms with E-state index in [0.717, 1.165) is 6.07 Å². The van der Waals surface area contributed by atoms with Crippen LogP contribution in [0.3, 0.4) is 0 Å². The van der Waals surface area contributed by atoms with Crippen molar-refractivity contribution in [2.45, 2.75) is 0 Å². The fraction of sp³-hybridized carbons (Fsp3) is 0.333. The molecule has 0 heterocycles. The van der Waals surface area contributed by atoms with Crippen molar-refractivity contribution in [2.24, 2.45) is 0 Å². The zero-order chi connectivity index (χ0) is 12.1. The van der Waals surface area contributed by atoms with Gasteiger partial charge in [0, 0.05) is 18.1 Å². The zero-order valence-corrected chi connectivity index (χ0v) is 10.1. The third-order valence-electron chi connectivity index (χ3n) is 1.83. The van der Waals surface area contributed by atoms with Crippen LogP contribution in [0, 0.1) is 15.9 Å². The van der Waals surface area contributed by atoms with Crippen LogP contribution in [-0.4, -0.2) is 25.2 Å². The van der Waals surface area contributed by atoms with Crippen molar-refractivity contribution in [2.75, 3.05) is 25.6 Å². The number of ether oxygens (including phenoxy) is 1. The van der Waals surface area contributed by atoms with Gasteiger partial charge in [-0.15, -0.1) is 0 Å². The van der Waals surface area contributed by atoms with Crippen molar-refractivity contribution in [1.82, 2.24) is 0 Å². The zero-order valence-electron chi connectivity index (χ0n) is 8.50. The Hall–Kier alpha value is -1.21. The van der Waals surface area contributed by atoms with Crippen LogP contribution in [0.5, 0.6) is 0 Å². The molecule has 0 spiro atoms. The summed E-state index contributed by atoms with van der Waals surface area (Å²) in [6.45, 7) is 0.749. The number of hydrogen-bond acceptors (Lipinski definition) is 4. The SMILES string of the molecule is COCCNc1cc(Br)cc(F)c1[N+](=O)[O-]. The first-order valence-corrected chi connectivity index (χ1v) is 5.21. The molecule has 1 aromatic rings. The van der Waals surface area contributed by atoms with Crippen LogP contribution < -0.4 is 5.32 Å². The molecular formula is C9H10BrFN2O3. The number of benzene rings is 1. The molecule has 0 atom stereocenters. The fourth-order valence-electron chi connectivity index (χ4n) is 1.17. The summed E-state index contributed by atoms with van der Waals surface area (Å²) in [5.74, 6) is -0.876. The summed E-state index contributed by atoms with van der Waals surface area (Å²) in [7, 11) is 1.51. The normalized spacial score (nSPS) is 10.2. The molecule has 0 saturated carbocycles. The Bertz CT molecular complexity index is 401. The minimum Gasteiger partial charge on any atom is -0.383 e. The molecule has 7 heteroatoms. The quantitative estimate of drug-likeness (QED) is 0.515. The molecule has 0 bridgehead atoms. The molecule has 0 aliphatic heterocycles. The standard InChI is InChI=1S/C9H10BrFN2O3/c1-16-3-2-12-8-5-6(10)4-7(11)9(8)13(14)15/h4-5,12H,2-3H2,1H3. The summed E-state index contributed by atoms with van der Waals surface area (Å²) in [5, 5.41) is 13.4. The third kappa shape index (κ3) is 3.14. The molecule has 0 saturated heterocycles. The minimum atomic E-state index is -0.876. The first-order valence-electron chi connectivity index (χ1n) is 4.42. The largest absolute Gasteiger partial charge is 0.383 e. The molecule has 0 aromatic heterocycles. The van der Waals surface area contributed by atoms with Crippen LogP contribution in [0.25, 0.3) is 0 Å². The highest BCUT2D eigenvalue weighted by molar-refractivity contribution is 9.10. The summed E-state index contributed by atoms with van der Waals surface area (Å²) in [6.07, 6.45) is 0. The van der Waals surface area contributed by atoms with E-state index in [4.69, 9.17) is 4.74 Å². The maximum atomic E-state index is 13.3. The smallest absolute Gasteiger partial charge is 0.327 e. The van der Waals surface area contributed by atoms with Crippen LogP contribution in [-0.2, 0) is 4.74 Å². The number of methoxy groups -OCH3 is 1. The highest BCUT2D eigenvalue weighted by Gasteiger charge is 2.20. The highest BCUT2D eigenvalue weighted by Crippen LogP contribution is 2.31. The van der Waals surface area contributed by atoms with E-state index in [-0.39, 0.29) is 5.69 Å². The number of nitro benzene ring substituents is 1. The Morgan fingerprint density at radius 1 is 1.62 bits per heavy atom. The van der Waals surface area contributed by atoms with Gasteiger partial charge in [-0.2, -0.15) is 4.39 Å². The van der Waals surface area contributed by atoms with Crippen molar-refractivity contribution in [3.8, 4) is 0 Å². The van der Waals surface area contributed by atoms with E-state index in [1.165, 1.54) is 13.2 Å². The lowest BCUT2D eigenvalue weighted by Gasteiger charge is -2.07. The van der Waals surface area contributed by atoms with Gasteiger partial charge in [-0.3, -0.25) is 10.1 Å². The average Bonchev–Trinajstić information content (AvgIpc) is 2.16. The number of hydrogen-bond donors (Lipinski definition) is 1. The lowest BCUT2D eigenvalue weighted by atomic mass is 10.2. The predicted octanol–water partition coefficient (Wildman–Crippen LogP) is 2.55. The van der Waals surface area contributed by atoms with Crippen LogP contribution in [0.15, 0.2) is 16.6 Å². The fourth-order valence-corrected chi connectivity index (χ4v) is 1.60. The molecule has 1 N–H and O–H groups in total. The molecule has 88 valence electrons. The van der Waals surface area contributed by atoms with Gasteiger partial charge in [-0.25, -0.2) is 0 Å². The Balaban J connectivity index is 2.99. The van der Waals surface area contributed by atoms with E-state index in [9.17, 15) is 14.5 Å². The topological polar surface area (TPSA) is 64.4 Å². The van der Waals surface area contributed by atoms with Crippen molar-refractivity contribution in [3.05, 3.63) is 32.5 Å². The lowest BCUT2D eigenvalue weighted by molar-refractivity contribution is -0.386. The van der Waals surface area contributed by atoms with Crippen molar-refractivity contribution in [3.63, 3.8) is 0 Å².